The number of imidazole rings is 1. The second-order valence-electron chi connectivity index (χ2n) is 4.43. The fraction of sp³-hybridized carbons (Fsp3) is 0.583. The second-order valence-corrected chi connectivity index (χ2v) is 4.43. The zero-order chi connectivity index (χ0) is 11.4. The van der Waals surface area contributed by atoms with Crippen LogP contribution in [0.15, 0.2) is 24.0 Å². The highest BCUT2D eigenvalue weighted by Crippen LogP contribution is 2.26. The van der Waals surface area contributed by atoms with Gasteiger partial charge < -0.3 is 4.57 Å². The van der Waals surface area contributed by atoms with Gasteiger partial charge in [0.1, 0.15) is 5.82 Å². The first-order valence-corrected chi connectivity index (χ1v) is 5.92. The van der Waals surface area contributed by atoms with Gasteiger partial charge in [-0.05, 0) is 32.1 Å². The predicted molar refractivity (Wildman–Crippen MR) is 64.4 cm³/mol. The SMILES string of the molecule is Cn1ccnc1C(CC1=CCCCC1)NN. The largest absolute Gasteiger partial charge is 0.337 e. The van der Waals surface area contributed by atoms with Crippen LogP contribution in [0.5, 0.6) is 0 Å². The van der Waals surface area contributed by atoms with E-state index < -0.39 is 0 Å². The third-order valence-electron chi connectivity index (χ3n) is 3.22. The van der Waals surface area contributed by atoms with E-state index in [1.54, 1.807) is 0 Å². The van der Waals surface area contributed by atoms with Crippen molar-refractivity contribution >= 4 is 0 Å². The number of aryl methyl sites for hydroxylation is 1. The van der Waals surface area contributed by atoms with Gasteiger partial charge in [-0.25, -0.2) is 10.4 Å². The van der Waals surface area contributed by atoms with Gasteiger partial charge in [-0.2, -0.15) is 0 Å². The number of rotatable bonds is 4. The van der Waals surface area contributed by atoms with Crippen molar-refractivity contribution in [2.75, 3.05) is 0 Å². The van der Waals surface area contributed by atoms with E-state index in [0.29, 0.717) is 0 Å². The molecule has 0 spiro atoms. The lowest BCUT2D eigenvalue weighted by atomic mass is 9.94. The zero-order valence-corrected chi connectivity index (χ0v) is 9.82. The lowest BCUT2D eigenvalue weighted by Crippen LogP contribution is -2.30. The summed E-state index contributed by atoms with van der Waals surface area (Å²) in [6.45, 7) is 0. The van der Waals surface area contributed by atoms with Crippen LogP contribution in [-0.4, -0.2) is 9.55 Å². The quantitative estimate of drug-likeness (QED) is 0.462. The third-order valence-corrected chi connectivity index (χ3v) is 3.22. The van der Waals surface area contributed by atoms with E-state index in [9.17, 15) is 0 Å². The van der Waals surface area contributed by atoms with Gasteiger partial charge in [0, 0.05) is 19.4 Å². The molecule has 1 heterocycles. The van der Waals surface area contributed by atoms with Crippen molar-refractivity contribution in [3.8, 4) is 0 Å². The van der Waals surface area contributed by atoms with Crippen LogP contribution in [0.25, 0.3) is 0 Å². The highest BCUT2D eigenvalue weighted by atomic mass is 15.3. The third kappa shape index (κ3) is 2.51. The number of allylic oxidation sites excluding steroid dienone is 1. The number of nitrogens with two attached hydrogens (primary N) is 1. The summed E-state index contributed by atoms with van der Waals surface area (Å²) in [5, 5.41) is 0. The summed E-state index contributed by atoms with van der Waals surface area (Å²) in [5.41, 5.74) is 4.38. The van der Waals surface area contributed by atoms with Gasteiger partial charge in [0.05, 0.1) is 6.04 Å². The number of hydrazine groups is 1. The Kier molecular flexibility index (Phi) is 3.74. The zero-order valence-electron chi connectivity index (χ0n) is 9.82. The van der Waals surface area contributed by atoms with E-state index in [2.05, 4.69) is 16.5 Å². The second kappa shape index (κ2) is 5.27. The van der Waals surface area contributed by atoms with Crippen LogP contribution in [0.3, 0.4) is 0 Å². The molecule has 1 aromatic rings. The van der Waals surface area contributed by atoms with Crippen molar-refractivity contribution in [3.63, 3.8) is 0 Å². The smallest absolute Gasteiger partial charge is 0.127 e. The fourth-order valence-corrected chi connectivity index (χ4v) is 2.29. The highest BCUT2D eigenvalue weighted by Gasteiger charge is 2.16. The van der Waals surface area contributed by atoms with Gasteiger partial charge in [-0.1, -0.05) is 11.6 Å². The molecule has 1 aromatic heterocycles. The molecule has 1 atom stereocenters. The highest BCUT2D eigenvalue weighted by molar-refractivity contribution is 5.11. The first-order valence-electron chi connectivity index (χ1n) is 5.92. The molecule has 4 nitrogen and oxygen atoms in total. The van der Waals surface area contributed by atoms with E-state index in [4.69, 9.17) is 5.84 Å². The fourth-order valence-electron chi connectivity index (χ4n) is 2.29. The summed E-state index contributed by atoms with van der Waals surface area (Å²) >= 11 is 0. The molecule has 0 amide bonds. The lowest BCUT2D eigenvalue weighted by molar-refractivity contribution is 0.491. The van der Waals surface area contributed by atoms with Gasteiger partial charge in [0.25, 0.3) is 0 Å². The van der Waals surface area contributed by atoms with Crippen LogP contribution in [0.1, 0.15) is 44.0 Å². The average molecular weight is 220 g/mol. The molecule has 0 bridgehead atoms. The molecule has 1 aliphatic rings. The van der Waals surface area contributed by atoms with Gasteiger partial charge in [-0.15, -0.1) is 0 Å². The number of hydrogen-bond acceptors (Lipinski definition) is 3. The summed E-state index contributed by atoms with van der Waals surface area (Å²) in [7, 11) is 2.00. The van der Waals surface area contributed by atoms with E-state index in [1.165, 1.54) is 31.3 Å². The Bertz CT molecular complexity index is 367. The van der Waals surface area contributed by atoms with E-state index in [-0.39, 0.29) is 6.04 Å². The summed E-state index contributed by atoms with van der Waals surface area (Å²) in [5.74, 6) is 6.63. The summed E-state index contributed by atoms with van der Waals surface area (Å²) in [6, 6.07) is 0.129. The Labute approximate surface area is 96.5 Å². The minimum absolute atomic E-state index is 0.129. The molecular weight excluding hydrogens is 200 g/mol. The maximum absolute atomic E-state index is 5.62. The van der Waals surface area contributed by atoms with Gasteiger partial charge in [0.2, 0.25) is 0 Å². The van der Waals surface area contributed by atoms with Crippen molar-refractivity contribution in [1.29, 1.82) is 0 Å². The molecular formula is C12H20N4. The monoisotopic (exact) mass is 220 g/mol. The van der Waals surface area contributed by atoms with Crippen LogP contribution in [-0.2, 0) is 7.05 Å². The molecule has 0 saturated carbocycles. The van der Waals surface area contributed by atoms with Crippen molar-refractivity contribution in [1.82, 2.24) is 15.0 Å². The normalized spacial score (nSPS) is 18.2. The minimum Gasteiger partial charge on any atom is -0.337 e. The van der Waals surface area contributed by atoms with Crippen molar-refractivity contribution < 1.29 is 0 Å². The summed E-state index contributed by atoms with van der Waals surface area (Å²) in [4.78, 5) is 4.35. The number of nitrogens with one attached hydrogen (secondary N) is 1. The van der Waals surface area contributed by atoms with Crippen molar-refractivity contribution in [2.24, 2.45) is 12.9 Å². The minimum atomic E-state index is 0.129. The Morgan fingerprint density at radius 3 is 3.00 bits per heavy atom. The first kappa shape index (κ1) is 11.4. The van der Waals surface area contributed by atoms with Crippen LogP contribution in [0.2, 0.25) is 0 Å². The number of hydrogen-bond donors (Lipinski definition) is 2. The molecule has 1 aliphatic carbocycles. The standard InChI is InChI=1S/C12H20N4/c1-16-8-7-14-12(16)11(15-13)9-10-5-3-2-4-6-10/h5,7-8,11,15H,2-4,6,9,13H2,1H3. The molecule has 4 heteroatoms. The van der Waals surface area contributed by atoms with E-state index in [0.717, 1.165) is 12.2 Å². The molecule has 0 aliphatic heterocycles. The predicted octanol–water partition coefficient (Wildman–Crippen LogP) is 1.81. The van der Waals surface area contributed by atoms with Gasteiger partial charge >= 0.3 is 0 Å². The molecule has 2 rings (SSSR count). The molecule has 16 heavy (non-hydrogen) atoms. The maximum Gasteiger partial charge on any atom is 0.127 e. The molecule has 0 aromatic carbocycles. The van der Waals surface area contributed by atoms with Crippen molar-refractivity contribution in [2.45, 2.75) is 38.1 Å². The molecule has 0 radical (unpaired) electrons. The Morgan fingerprint density at radius 1 is 1.56 bits per heavy atom. The van der Waals surface area contributed by atoms with E-state index in [1.807, 2.05) is 24.0 Å². The topological polar surface area (TPSA) is 55.9 Å². The number of nitrogens with zero attached hydrogens (tertiary/aromatic N) is 2. The molecule has 88 valence electrons. The van der Waals surface area contributed by atoms with Crippen LogP contribution in [0.4, 0.5) is 0 Å². The Hall–Kier alpha value is -1.13. The average Bonchev–Trinajstić information content (AvgIpc) is 2.74. The maximum atomic E-state index is 5.62. The Balaban J connectivity index is 2.06. The van der Waals surface area contributed by atoms with Gasteiger partial charge in [0.15, 0.2) is 0 Å². The van der Waals surface area contributed by atoms with Gasteiger partial charge in [-0.3, -0.25) is 5.84 Å². The molecule has 1 unspecified atom stereocenters. The van der Waals surface area contributed by atoms with Crippen LogP contribution < -0.4 is 11.3 Å². The summed E-state index contributed by atoms with van der Waals surface area (Å²) in [6.07, 6.45) is 12.2. The lowest BCUT2D eigenvalue weighted by Gasteiger charge is -2.19. The first-order chi connectivity index (χ1) is 7.81. The molecule has 3 N–H and O–H groups in total. The van der Waals surface area contributed by atoms with Crippen LogP contribution >= 0.6 is 0 Å². The molecule has 0 saturated heterocycles. The summed E-state index contributed by atoms with van der Waals surface area (Å²) < 4.78 is 2.02. The molecule has 0 fully saturated rings. The van der Waals surface area contributed by atoms with E-state index >= 15 is 0 Å². The van der Waals surface area contributed by atoms with Crippen molar-refractivity contribution in [3.05, 3.63) is 29.9 Å². The Morgan fingerprint density at radius 2 is 2.44 bits per heavy atom. The van der Waals surface area contributed by atoms with Crippen LogP contribution in [0, 0.1) is 0 Å². The number of aromatic nitrogens is 2.